The molecule has 0 saturated carbocycles. The third-order valence-corrected chi connectivity index (χ3v) is 12.3. The van der Waals surface area contributed by atoms with Gasteiger partial charge in [-0.15, -0.1) is 4.73 Å². The number of allylic oxidation sites excluding steroid dienone is 8. The van der Waals surface area contributed by atoms with E-state index in [-0.39, 0.29) is 24.3 Å². The first-order valence-corrected chi connectivity index (χ1v) is 22.5. The van der Waals surface area contributed by atoms with E-state index in [4.69, 9.17) is 14.7 Å². The van der Waals surface area contributed by atoms with Crippen molar-refractivity contribution < 1.29 is 60.0 Å². The number of benzene rings is 1. The number of anilines is 1. The number of rotatable bonds is 18. The molecular formula is C42H52N5O12S2+. The Bertz CT molecular complexity index is 2530. The summed E-state index contributed by atoms with van der Waals surface area (Å²) in [5.41, 5.74) is 2.90. The number of aromatic nitrogens is 2. The predicted molar refractivity (Wildman–Crippen MR) is 227 cm³/mol. The van der Waals surface area contributed by atoms with Crippen LogP contribution in [0.15, 0.2) is 101 Å². The lowest BCUT2D eigenvalue weighted by Crippen LogP contribution is -2.38. The van der Waals surface area contributed by atoms with E-state index in [1.165, 1.54) is 38.4 Å². The number of unbranched alkanes of at least 4 members (excludes halogenated alkanes) is 2. The fraction of sp³-hybridized carbons (Fsp3) is 0.381. The van der Waals surface area contributed by atoms with Crippen LogP contribution in [0.25, 0.3) is 0 Å². The molecule has 328 valence electrons. The van der Waals surface area contributed by atoms with Crippen LogP contribution in [0.2, 0.25) is 0 Å². The molecule has 19 heteroatoms. The topological polar surface area (TPSA) is 229 Å². The first kappa shape index (κ1) is 46.5. The fourth-order valence-corrected chi connectivity index (χ4v) is 8.23. The van der Waals surface area contributed by atoms with Crippen molar-refractivity contribution in [1.29, 1.82) is 0 Å². The molecule has 0 saturated heterocycles. The lowest BCUT2D eigenvalue weighted by Gasteiger charge is -2.27. The molecule has 0 radical (unpaired) electrons. The quantitative estimate of drug-likeness (QED) is 0.0420. The van der Waals surface area contributed by atoms with E-state index in [0.717, 1.165) is 27.6 Å². The van der Waals surface area contributed by atoms with E-state index >= 15 is 0 Å². The fourth-order valence-electron chi connectivity index (χ4n) is 7.23. The van der Waals surface area contributed by atoms with Crippen molar-refractivity contribution in [2.24, 2.45) is 4.99 Å². The highest BCUT2D eigenvalue weighted by atomic mass is 32.2. The van der Waals surface area contributed by atoms with E-state index in [1.54, 1.807) is 22.9 Å². The average molecular weight is 883 g/mol. The van der Waals surface area contributed by atoms with Gasteiger partial charge in [0, 0.05) is 55.4 Å². The first-order valence-electron chi connectivity index (χ1n) is 19.4. The number of fused-ring (bicyclic) bond motifs is 2. The molecule has 61 heavy (non-hydrogen) atoms. The predicted octanol–water partition coefficient (Wildman–Crippen LogP) is 5.27. The van der Waals surface area contributed by atoms with E-state index in [0.29, 0.717) is 47.6 Å². The molecule has 0 bridgehead atoms. The largest absolute Gasteiger partial charge is 0.492 e. The van der Waals surface area contributed by atoms with Gasteiger partial charge in [-0.25, -0.2) is 14.4 Å². The van der Waals surface area contributed by atoms with Gasteiger partial charge in [0.1, 0.15) is 6.20 Å². The SMILES string of the molecule is CON(C)C(=O)c1cc2c([n+](CCCS(=O)(=O)O)c1)N=C(C=CC=CC=CC=C1N(CCCCCC(=O)On3c(O)ccc3O)c3ccc(S(=O)(=O)O)cc3C1(C)C)C2(C)C. The van der Waals surface area contributed by atoms with Crippen LogP contribution >= 0.6 is 0 Å². The maximum atomic E-state index is 13.1. The molecule has 0 atom stereocenters. The summed E-state index contributed by atoms with van der Waals surface area (Å²) >= 11 is 0. The lowest BCUT2D eigenvalue weighted by molar-refractivity contribution is -0.684. The van der Waals surface area contributed by atoms with Crippen LogP contribution < -0.4 is 14.3 Å². The standard InChI is InChI=1S/C42H51N5O12S2/c1-41(2)32-26-29(40(51)44(5)58-6)28-45(23-15-25-60(52,53)54)39(32)43-34(41)16-11-8-7-9-12-17-35-42(3,4)31-27-30(61(55,56)57)19-20-33(31)46(35)24-14-10-13-18-38(50)59-47-36(48)21-22-37(47)49/h7-9,11-12,16-17,19-22,26-28H,10,13-15,18,23-25H2,1-6H3,(H3-,48,49,52,53,54,55,56,57)/p+1. The van der Waals surface area contributed by atoms with Crippen LogP contribution in [0.4, 0.5) is 11.5 Å². The Balaban J connectivity index is 1.30. The molecule has 17 nitrogen and oxygen atoms in total. The number of aromatic hydroxyl groups is 2. The van der Waals surface area contributed by atoms with Crippen molar-refractivity contribution in [2.45, 2.75) is 82.1 Å². The molecule has 5 rings (SSSR count). The summed E-state index contributed by atoms with van der Waals surface area (Å²) in [6.07, 6.45) is 16.5. The van der Waals surface area contributed by atoms with Gasteiger partial charge >= 0.3 is 11.8 Å². The zero-order chi connectivity index (χ0) is 44.9. The zero-order valence-electron chi connectivity index (χ0n) is 34.8. The van der Waals surface area contributed by atoms with Crippen molar-refractivity contribution in [3.8, 4) is 11.8 Å². The van der Waals surface area contributed by atoms with Crippen LogP contribution in [-0.2, 0) is 47.2 Å². The molecule has 0 aliphatic carbocycles. The summed E-state index contributed by atoms with van der Waals surface area (Å²) in [6.45, 7) is 8.60. The highest BCUT2D eigenvalue weighted by molar-refractivity contribution is 7.86. The zero-order valence-corrected chi connectivity index (χ0v) is 36.5. The third kappa shape index (κ3) is 10.8. The normalized spacial score (nSPS) is 16.5. The van der Waals surface area contributed by atoms with Crippen molar-refractivity contribution in [2.75, 3.05) is 31.4 Å². The number of hydrogen-bond donors (Lipinski definition) is 4. The van der Waals surface area contributed by atoms with Crippen LogP contribution in [-0.4, -0.2) is 90.0 Å². The molecule has 2 aliphatic heterocycles. The number of aryl methyl sites for hydroxylation is 1. The molecule has 1 aromatic carbocycles. The number of carbonyl (C=O) groups is 2. The summed E-state index contributed by atoms with van der Waals surface area (Å²) < 4.78 is 68.4. The third-order valence-electron chi connectivity index (χ3n) is 10.6. The summed E-state index contributed by atoms with van der Waals surface area (Å²) in [4.78, 5) is 42.2. The van der Waals surface area contributed by atoms with Gasteiger partial charge in [-0.3, -0.25) is 18.7 Å². The van der Waals surface area contributed by atoms with Crippen LogP contribution in [0.5, 0.6) is 11.8 Å². The summed E-state index contributed by atoms with van der Waals surface area (Å²) in [5.74, 6) is -1.71. The molecule has 0 spiro atoms. The van der Waals surface area contributed by atoms with Crippen LogP contribution in [0.3, 0.4) is 0 Å². The minimum Gasteiger partial charge on any atom is -0.492 e. The van der Waals surface area contributed by atoms with E-state index in [1.807, 2.05) is 70.2 Å². The number of nitrogens with zero attached hydrogens (tertiary/aromatic N) is 5. The second-order valence-corrected chi connectivity index (χ2v) is 18.6. The maximum Gasteiger partial charge on any atom is 0.333 e. The van der Waals surface area contributed by atoms with Gasteiger partial charge in [-0.1, -0.05) is 50.6 Å². The minimum absolute atomic E-state index is 0.0508. The second kappa shape index (κ2) is 18.6. The highest BCUT2D eigenvalue weighted by Gasteiger charge is 2.43. The van der Waals surface area contributed by atoms with Crippen molar-refractivity contribution in [1.82, 2.24) is 9.79 Å². The van der Waals surface area contributed by atoms with Crippen molar-refractivity contribution in [3.63, 3.8) is 0 Å². The molecule has 1 amide bonds. The van der Waals surface area contributed by atoms with Crippen LogP contribution in [0, 0.1) is 0 Å². The molecule has 4 heterocycles. The maximum absolute atomic E-state index is 13.1. The summed E-state index contributed by atoms with van der Waals surface area (Å²) in [7, 11) is -5.77. The number of aliphatic imine (C=N–C) groups is 1. The van der Waals surface area contributed by atoms with Gasteiger partial charge in [-0.05, 0) is 73.7 Å². The molecule has 3 aromatic rings. The van der Waals surface area contributed by atoms with Gasteiger partial charge in [-0.2, -0.15) is 16.8 Å². The summed E-state index contributed by atoms with van der Waals surface area (Å²) in [5, 5.41) is 20.5. The number of pyridine rings is 1. The molecule has 0 fully saturated rings. The van der Waals surface area contributed by atoms with Crippen molar-refractivity contribution >= 4 is 49.3 Å². The molecule has 4 N–H and O–H groups in total. The van der Waals surface area contributed by atoms with Crippen molar-refractivity contribution in [3.05, 3.63) is 108 Å². The molecular weight excluding hydrogens is 831 g/mol. The van der Waals surface area contributed by atoms with Gasteiger partial charge < -0.3 is 20.0 Å². The molecule has 2 aromatic heterocycles. The Kier molecular flexibility index (Phi) is 14.1. The Morgan fingerprint density at radius 2 is 1.54 bits per heavy atom. The first-order chi connectivity index (χ1) is 28.6. The number of hydroxylamine groups is 2. The van der Waals surface area contributed by atoms with Crippen LogP contribution in [0.1, 0.15) is 81.3 Å². The van der Waals surface area contributed by atoms with E-state index in [2.05, 4.69) is 4.90 Å². The smallest absolute Gasteiger partial charge is 0.333 e. The summed E-state index contributed by atoms with van der Waals surface area (Å²) in [6, 6.07) is 8.67. The highest BCUT2D eigenvalue weighted by Crippen LogP contribution is 2.48. The number of amides is 1. The molecule has 2 aliphatic rings. The van der Waals surface area contributed by atoms with E-state index in [9.17, 15) is 45.7 Å². The minimum atomic E-state index is -4.45. The lowest BCUT2D eigenvalue weighted by atomic mass is 9.81. The van der Waals surface area contributed by atoms with E-state index < -0.39 is 60.5 Å². The van der Waals surface area contributed by atoms with Gasteiger partial charge in [0.05, 0.1) is 40.8 Å². The Labute approximate surface area is 355 Å². The molecule has 0 unspecified atom stereocenters. The van der Waals surface area contributed by atoms with Gasteiger partial charge in [0.25, 0.3) is 26.1 Å². The van der Waals surface area contributed by atoms with Gasteiger partial charge in [0.2, 0.25) is 11.8 Å². The Morgan fingerprint density at radius 3 is 2.20 bits per heavy atom. The number of hydrogen-bond acceptors (Lipinski definition) is 12. The Hall–Kier alpha value is -5.60. The monoisotopic (exact) mass is 882 g/mol. The average Bonchev–Trinajstić information content (AvgIpc) is 3.72. The number of carbonyl (C=O) groups excluding carboxylic acids is 2. The van der Waals surface area contributed by atoms with Gasteiger partial charge in [0.15, 0.2) is 5.71 Å². The second-order valence-electron chi connectivity index (χ2n) is 15.6. The Morgan fingerprint density at radius 1 is 0.869 bits per heavy atom.